The fraction of sp³-hybridized carbons (Fsp3) is 0.526. The first-order valence-corrected chi connectivity index (χ1v) is 8.44. The highest BCUT2D eigenvalue weighted by molar-refractivity contribution is 5.94. The number of hydrogen-bond acceptors (Lipinski definition) is 1. The van der Waals surface area contributed by atoms with Crippen LogP contribution in [0.1, 0.15) is 55.6 Å². The molecule has 1 fully saturated rings. The van der Waals surface area contributed by atoms with Gasteiger partial charge in [0.05, 0.1) is 5.56 Å². The zero-order valence-corrected chi connectivity index (χ0v) is 13.5. The first-order chi connectivity index (χ1) is 10.6. The Morgan fingerprint density at radius 3 is 2.59 bits per heavy atom. The molecular weight excluding hydrogens is 274 g/mol. The molecule has 3 rings (SSSR count). The van der Waals surface area contributed by atoms with Crippen molar-refractivity contribution in [2.75, 3.05) is 0 Å². The summed E-state index contributed by atoms with van der Waals surface area (Å²) in [6.07, 6.45) is 6.47. The second-order valence-corrected chi connectivity index (χ2v) is 6.79. The van der Waals surface area contributed by atoms with Crippen LogP contribution in [0.5, 0.6) is 0 Å². The minimum absolute atomic E-state index is 0.374. The highest BCUT2D eigenvalue weighted by atomic mass is 16.4. The molecule has 0 radical (unpaired) electrons. The zero-order valence-electron chi connectivity index (χ0n) is 13.5. The highest BCUT2D eigenvalue weighted by Crippen LogP contribution is 2.32. The lowest BCUT2D eigenvalue weighted by Gasteiger charge is -2.26. The van der Waals surface area contributed by atoms with E-state index in [1.165, 1.54) is 31.4 Å². The molecule has 3 nitrogen and oxygen atoms in total. The summed E-state index contributed by atoms with van der Waals surface area (Å²) in [6.45, 7) is 5.46. The van der Waals surface area contributed by atoms with Crippen LogP contribution in [0.15, 0.2) is 24.3 Å². The average molecular weight is 299 g/mol. The summed E-state index contributed by atoms with van der Waals surface area (Å²) >= 11 is 0. The van der Waals surface area contributed by atoms with E-state index >= 15 is 0 Å². The van der Waals surface area contributed by atoms with Crippen LogP contribution in [0.25, 0.3) is 10.9 Å². The number of carboxylic acids is 1. The van der Waals surface area contributed by atoms with Gasteiger partial charge in [-0.2, -0.15) is 0 Å². The molecule has 22 heavy (non-hydrogen) atoms. The largest absolute Gasteiger partial charge is 0.478 e. The van der Waals surface area contributed by atoms with Crippen LogP contribution < -0.4 is 0 Å². The minimum Gasteiger partial charge on any atom is -0.478 e. The molecule has 0 aliphatic heterocycles. The van der Waals surface area contributed by atoms with Gasteiger partial charge in [0.15, 0.2) is 0 Å². The molecule has 0 amide bonds. The molecule has 1 heterocycles. The molecule has 1 aromatic carbocycles. The number of carboxylic acid groups (broad SMARTS) is 1. The number of fused-ring (bicyclic) bond motifs is 1. The van der Waals surface area contributed by atoms with Crippen molar-refractivity contribution in [3.05, 3.63) is 35.5 Å². The van der Waals surface area contributed by atoms with Gasteiger partial charge in [-0.15, -0.1) is 0 Å². The quantitative estimate of drug-likeness (QED) is 0.887. The Balaban J connectivity index is 1.90. The van der Waals surface area contributed by atoms with Crippen LogP contribution in [-0.4, -0.2) is 15.6 Å². The van der Waals surface area contributed by atoms with E-state index < -0.39 is 5.97 Å². The summed E-state index contributed by atoms with van der Waals surface area (Å²) in [5.41, 5.74) is 2.89. The molecule has 0 unspecified atom stereocenters. The molecular formula is C19H25NO2. The topological polar surface area (TPSA) is 42.2 Å². The van der Waals surface area contributed by atoms with Crippen LogP contribution in [0.3, 0.4) is 0 Å². The summed E-state index contributed by atoms with van der Waals surface area (Å²) in [5, 5.41) is 10.2. The number of benzene rings is 1. The van der Waals surface area contributed by atoms with E-state index in [2.05, 4.69) is 24.5 Å². The lowest BCUT2D eigenvalue weighted by Crippen LogP contribution is -2.16. The standard InChI is InChI=1S/C19H25NO2/c1-3-20-17(10-14-6-4-13(2)5-7-14)12-16-11-15(19(21)22)8-9-18(16)20/h8-9,11-14H,3-7,10H2,1-2H3,(H,21,22). The van der Waals surface area contributed by atoms with Gasteiger partial charge in [0.25, 0.3) is 0 Å². The third-order valence-corrected chi connectivity index (χ3v) is 5.18. The molecule has 1 aromatic heterocycles. The number of rotatable bonds is 4. The minimum atomic E-state index is -0.853. The van der Waals surface area contributed by atoms with Crippen LogP contribution in [0.4, 0.5) is 0 Å². The van der Waals surface area contributed by atoms with Crippen LogP contribution in [0, 0.1) is 11.8 Å². The summed E-state index contributed by atoms with van der Waals surface area (Å²) in [7, 11) is 0. The molecule has 1 aliphatic rings. The molecule has 1 N–H and O–H groups in total. The molecule has 2 aromatic rings. The SMILES string of the molecule is CCn1c(CC2CCC(C)CC2)cc2cc(C(=O)O)ccc21. The summed E-state index contributed by atoms with van der Waals surface area (Å²) in [5.74, 6) is 0.810. The van der Waals surface area contributed by atoms with E-state index in [0.29, 0.717) is 5.56 Å². The maximum absolute atomic E-state index is 11.1. The summed E-state index contributed by atoms with van der Waals surface area (Å²) in [6, 6.07) is 7.66. The second-order valence-electron chi connectivity index (χ2n) is 6.79. The number of hydrogen-bond donors (Lipinski definition) is 1. The second kappa shape index (κ2) is 6.15. The maximum Gasteiger partial charge on any atom is 0.335 e. The van der Waals surface area contributed by atoms with Crippen molar-refractivity contribution in [1.82, 2.24) is 4.57 Å². The number of aromatic carboxylic acids is 1. The van der Waals surface area contributed by atoms with Crippen LogP contribution in [0.2, 0.25) is 0 Å². The third kappa shape index (κ3) is 2.90. The van der Waals surface area contributed by atoms with E-state index in [1.807, 2.05) is 6.07 Å². The van der Waals surface area contributed by atoms with E-state index in [4.69, 9.17) is 5.11 Å². The van der Waals surface area contributed by atoms with Gasteiger partial charge in [-0.1, -0.05) is 19.8 Å². The fourth-order valence-corrected chi connectivity index (χ4v) is 3.83. The van der Waals surface area contributed by atoms with Crippen molar-refractivity contribution in [2.24, 2.45) is 11.8 Å². The predicted molar refractivity (Wildman–Crippen MR) is 89.4 cm³/mol. The smallest absolute Gasteiger partial charge is 0.335 e. The molecule has 118 valence electrons. The fourth-order valence-electron chi connectivity index (χ4n) is 3.83. The molecule has 3 heteroatoms. The van der Waals surface area contributed by atoms with Gasteiger partial charge in [0.1, 0.15) is 0 Å². The Kier molecular flexibility index (Phi) is 4.23. The lowest BCUT2D eigenvalue weighted by molar-refractivity contribution is 0.0697. The van der Waals surface area contributed by atoms with E-state index in [-0.39, 0.29) is 0 Å². The zero-order chi connectivity index (χ0) is 15.7. The van der Waals surface area contributed by atoms with Crippen LogP contribution >= 0.6 is 0 Å². The van der Waals surface area contributed by atoms with Crippen molar-refractivity contribution in [3.8, 4) is 0 Å². The van der Waals surface area contributed by atoms with Crippen molar-refractivity contribution < 1.29 is 9.90 Å². The Morgan fingerprint density at radius 1 is 1.23 bits per heavy atom. The highest BCUT2D eigenvalue weighted by Gasteiger charge is 2.20. The van der Waals surface area contributed by atoms with Gasteiger partial charge in [-0.25, -0.2) is 4.79 Å². The Labute approximate surface area is 131 Å². The Morgan fingerprint density at radius 2 is 1.95 bits per heavy atom. The summed E-state index contributed by atoms with van der Waals surface area (Å²) in [4.78, 5) is 11.1. The summed E-state index contributed by atoms with van der Waals surface area (Å²) < 4.78 is 2.35. The van der Waals surface area contributed by atoms with Gasteiger partial charge >= 0.3 is 5.97 Å². The molecule has 1 aliphatic carbocycles. The van der Waals surface area contributed by atoms with Gasteiger partial charge in [-0.3, -0.25) is 0 Å². The predicted octanol–water partition coefficient (Wildman–Crippen LogP) is 4.73. The third-order valence-electron chi connectivity index (χ3n) is 5.18. The average Bonchev–Trinajstić information content (AvgIpc) is 2.85. The van der Waals surface area contributed by atoms with Crippen molar-refractivity contribution >= 4 is 16.9 Å². The van der Waals surface area contributed by atoms with Gasteiger partial charge in [0, 0.05) is 23.1 Å². The lowest BCUT2D eigenvalue weighted by atomic mass is 9.81. The van der Waals surface area contributed by atoms with E-state index in [0.717, 1.165) is 35.7 Å². The maximum atomic E-state index is 11.1. The molecule has 0 spiro atoms. The number of aromatic nitrogens is 1. The van der Waals surface area contributed by atoms with Gasteiger partial charge in [-0.05, 0) is 62.3 Å². The van der Waals surface area contributed by atoms with Gasteiger partial charge < -0.3 is 9.67 Å². The van der Waals surface area contributed by atoms with E-state index in [1.54, 1.807) is 12.1 Å². The van der Waals surface area contributed by atoms with Crippen molar-refractivity contribution in [2.45, 2.75) is 52.5 Å². The van der Waals surface area contributed by atoms with Crippen molar-refractivity contribution in [1.29, 1.82) is 0 Å². The first-order valence-electron chi connectivity index (χ1n) is 8.44. The molecule has 0 bridgehead atoms. The molecule has 1 saturated carbocycles. The first kappa shape index (κ1) is 15.1. The van der Waals surface area contributed by atoms with Gasteiger partial charge in [0.2, 0.25) is 0 Å². The Bertz CT molecular complexity index is 678. The Hall–Kier alpha value is -1.77. The van der Waals surface area contributed by atoms with Crippen LogP contribution in [-0.2, 0) is 13.0 Å². The van der Waals surface area contributed by atoms with Crippen molar-refractivity contribution in [3.63, 3.8) is 0 Å². The molecule has 0 atom stereocenters. The molecule has 0 saturated heterocycles. The number of nitrogens with zero attached hydrogens (tertiary/aromatic N) is 1. The number of aryl methyl sites for hydroxylation is 1. The van der Waals surface area contributed by atoms with E-state index in [9.17, 15) is 4.79 Å². The number of carbonyl (C=O) groups is 1. The normalized spacial score (nSPS) is 22.1. The monoisotopic (exact) mass is 299 g/mol.